The molecule has 2 atom stereocenters. The van der Waals surface area contributed by atoms with Crippen LogP contribution in [0.1, 0.15) is 125 Å². The van der Waals surface area contributed by atoms with Gasteiger partial charge in [0.05, 0.1) is 37.6 Å². The molecule has 4 aromatic rings. The molecule has 4 aromatic carbocycles. The van der Waals surface area contributed by atoms with Crippen molar-refractivity contribution in [3.63, 3.8) is 0 Å². The fraction of sp³-hybridized carbons (Fsp3) is 0.482. The Morgan fingerprint density at radius 3 is 1.23 bits per heavy atom. The lowest BCUT2D eigenvalue weighted by Crippen LogP contribution is -2.50. The number of methoxy groups -OCH3 is 3. The number of carbonyl (C=O) groups excluding carboxylic acids is 3. The number of carboxylic acid groups (broad SMARTS) is 2. The molecule has 368 valence electrons. The third-order valence-corrected chi connectivity index (χ3v) is 15.3. The number of rotatable bonds is 13. The van der Waals surface area contributed by atoms with E-state index >= 15 is 0 Å². The van der Waals surface area contributed by atoms with Crippen LogP contribution in [0.5, 0.6) is 17.2 Å². The van der Waals surface area contributed by atoms with Crippen molar-refractivity contribution in [1.29, 1.82) is 0 Å². The Hall–Kier alpha value is -6.37. The van der Waals surface area contributed by atoms with Crippen molar-refractivity contribution in [2.45, 2.75) is 138 Å². The number of hydrogen-bond donors (Lipinski definition) is 2. The second-order valence-corrected chi connectivity index (χ2v) is 19.1. The summed E-state index contributed by atoms with van der Waals surface area (Å²) in [6.45, 7) is 1.40. The third kappa shape index (κ3) is 10.9. The zero-order valence-electron chi connectivity index (χ0n) is 40.4. The molecular weight excluding hydrogens is 877 g/mol. The van der Waals surface area contributed by atoms with Crippen LogP contribution in [-0.4, -0.2) is 96.2 Å². The predicted molar refractivity (Wildman–Crippen MR) is 260 cm³/mol. The standard InChI is InChI=1S/C25H29NO4.C18H23NO4.C13H16O3/c1-29-21-13-11-20(12-14-21)25(15-5-6-16-25)24(28)26-17-7-10-22(26)23(27)30-18-19-8-3-2-4-9-19;1-23-14-8-6-13(7-9-14)18(10-2-3-11-18)17(22)19-12-4-5-15(19)16(20)21;1-16-11-6-4-10(5-7-11)13(12(14)15)8-2-3-9-13/h2-4,8-9,11-14,22H,5-7,10,15-18H2,1H3;6-9,15H,2-5,10-12H2,1H3,(H,20,21);4-7H,2-3,8-9H2,1H3,(H,14,15)/t22-;15-;/m11./s1. The summed E-state index contributed by atoms with van der Waals surface area (Å²) in [4.78, 5) is 66.2. The van der Waals surface area contributed by atoms with Gasteiger partial charge in [0.25, 0.3) is 0 Å². The second kappa shape index (κ2) is 22.8. The molecule has 9 rings (SSSR count). The molecule has 2 amide bonds. The zero-order chi connectivity index (χ0) is 49.0. The van der Waals surface area contributed by atoms with Crippen LogP contribution in [0.3, 0.4) is 0 Å². The normalized spacial score (nSPS) is 20.7. The van der Waals surface area contributed by atoms with Gasteiger partial charge in [0.2, 0.25) is 11.8 Å². The van der Waals surface area contributed by atoms with Gasteiger partial charge in [-0.15, -0.1) is 0 Å². The summed E-state index contributed by atoms with van der Waals surface area (Å²) in [6, 6.07) is 31.4. The maximum Gasteiger partial charge on any atom is 0.329 e. The number of aliphatic carboxylic acids is 2. The lowest BCUT2D eigenvalue weighted by atomic mass is 9.77. The molecule has 3 aliphatic carbocycles. The summed E-state index contributed by atoms with van der Waals surface area (Å²) in [5.74, 6) is 0.486. The highest BCUT2D eigenvalue weighted by molar-refractivity contribution is 5.93. The molecule has 0 bridgehead atoms. The van der Waals surface area contributed by atoms with E-state index in [2.05, 4.69) is 0 Å². The number of likely N-dealkylation sites (tertiary alicyclic amines) is 2. The van der Waals surface area contributed by atoms with Gasteiger partial charge in [0, 0.05) is 13.1 Å². The number of ether oxygens (including phenoxy) is 4. The minimum atomic E-state index is -0.890. The number of nitrogens with zero attached hydrogens (tertiary/aromatic N) is 2. The van der Waals surface area contributed by atoms with Crippen LogP contribution in [0.25, 0.3) is 0 Å². The van der Waals surface area contributed by atoms with Crippen LogP contribution in [0, 0.1) is 0 Å². The first kappa shape index (κ1) is 50.5. The highest BCUT2D eigenvalue weighted by Crippen LogP contribution is 2.46. The van der Waals surface area contributed by atoms with Crippen molar-refractivity contribution in [1.82, 2.24) is 9.80 Å². The number of carbonyl (C=O) groups is 5. The summed E-state index contributed by atoms with van der Waals surface area (Å²) in [7, 11) is 4.87. The average molecular weight is 945 g/mol. The molecule has 2 aliphatic heterocycles. The molecule has 0 aromatic heterocycles. The van der Waals surface area contributed by atoms with Crippen molar-refractivity contribution in [2.75, 3.05) is 34.4 Å². The van der Waals surface area contributed by atoms with E-state index in [1.165, 1.54) is 0 Å². The smallest absolute Gasteiger partial charge is 0.329 e. The molecule has 0 radical (unpaired) electrons. The van der Waals surface area contributed by atoms with E-state index in [0.29, 0.717) is 25.9 Å². The van der Waals surface area contributed by atoms with Crippen LogP contribution in [0.15, 0.2) is 103 Å². The summed E-state index contributed by atoms with van der Waals surface area (Å²) in [6.07, 6.45) is 13.6. The molecule has 69 heavy (non-hydrogen) atoms. The Bertz CT molecular complexity index is 2350. The highest BCUT2D eigenvalue weighted by atomic mass is 16.5. The number of hydrogen-bond acceptors (Lipinski definition) is 9. The van der Waals surface area contributed by atoms with E-state index in [9.17, 15) is 34.2 Å². The Morgan fingerprint density at radius 2 is 0.855 bits per heavy atom. The van der Waals surface area contributed by atoms with E-state index in [0.717, 1.165) is 129 Å². The van der Waals surface area contributed by atoms with Crippen molar-refractivity contribution >= 4 is 29.7 Å². The number of esters is 1. The Labute approximate surface area is 406 Å². The van der Waals surface area contributed by atoms with Crippen LogP contribution < -0.4 is 14.2 Å². The lowest BCUT2D eigenvalue weighted by Gasteiger charge is -2.35. The van der Waals surface area contributed by atoms with Crippen LogP contribution in [0.2, 0.25) is 0 Å². The van der Waals surface area contributed by atoms with Crippen LogP contribution >= 0.6 is 0 Å². The minimum Gasteiger partial charge on any atom is -0.497 e. The van der Waals surface area contributed by atoms with Crippen molar-refractivity contribution in [3.8, 4) is 17.2 Å². The molecule has 13 nitrogen and oxygen atoms in total. The third-order valence-electron chi connectivity index (χ3n) is 15.3. The fourth-order valence-corrected chi connectivity index (χ4v) is 11.4. The fourth-order valence-electron chi connectivity index (χ4n) is 11.4. The van der Waals surface area contributed by atoms with Crippen LogP contribution in [-0.2, 0) is 51.6 Å². The van der Waals surface area contributed by atoms with Gasteiger partial charge in [0.15, 0.2) is 0 Å². The number of benzene rings is 4. The second-order valence-electron chi connectivity index (χ2n) is 19.1. The van der Waals surface area contributed by atoms with E-state index < -0.39 is 40.3 Å². The number of carboxylic acids is 2. The summed E-state index contributed by atoms with van der Waals surface area (Å²) < 4.78 is 21.1. The Kier molecular flexibility index (Phi) is 16.7. The minimum absolute atomic E-state index is 0.00920. The first-order valence-corrected chi connectivity index (χ1v) is 24.6. The first-order chi connectivity index (χ1) is 33.4. The molecule has 2 N–H and O–H groups in total. The predicted octanol–water partition coefficient (Wildman–Crippen LogP) is 9.42. The van der Waals surface area contributed by atoms with Crippen LogP contribution in [0.4, 0.5) is 0 Å². The monoisotopic (exact) mass is 944 g/mol. The summed E-state index contributed by atoms with van der Waals surface area (Å²) >= 11 is 0. The molecule has 5 aliphatic rings. The lowest BCUT2D eigenvalue weighted by molar-refractivity contribution is -0.156. The molecular formula is C56H68N2O11. The van der Waals surface area contributed by atoms with Gasteiger partial charge >= 0.3 is 17.9 Å². The van der Waals surface area contributed by atoms with E-state index in [-0.39, 0.29) is 24.4 Å². The van der Waals surface area contributed by atoms with Crippen molar-refractivity contribution in [3.05, 3.63) is 125 Å². The highest BCUT2D eigenvalue weighted by Gasteiger charge is 2.50. The molecule has 13 heteroatoms. The maximum atomic E-state index is 13.8. The largest absolute Gasteiger partial charge is 0.497 e. The molecule has 5 fully saturated rings. The van der Waals surface area contributed by atoms with Gasteiger partial charge in [-0.05, 0) is 123 Å². The Balaban J connectivity index is 0.000000160. The maximum absolute atomic E-state index is 13.8. The SMILES string of the molecule is COc1ccc(C2(C(=O)N3CCC[C@@H]3C(=O)O)CCCC2)cc1.COc1ccc(C2(C(=O)N3CCC[C@@H]3C(=O)OCc3ccccc3)CCCC2)cc1.COc1ccc(C2(C(=O)O)CCCC2)cc1. The molecule has 2 heterocycles. The zero-order valence-corrected chi connectivity index (χ0v) is 40.4. The first-order valence-electron chi connectivity index (χ1n) is 24.6. The van der Waals surface area contributed by atoms with Gasteiger partial charge in [-0.2, -0.15) is 0 Å². The van der Waals surface area contributed by atoms with Gasteiger partial charge < -0.3 is 39.0 Å². The topological polar surface area (TPSA) is 169 Å². The molecule has 2 saturated heterocycles. The van der Waals surface area contributed by atoms with E-state index in [1.54, 1.807) is 31.1 Å². The Morgan fingerprint density at radius 1 is 0.493 bits per heavy atom. The van der Waals surface area contributed by atoms with Crippen molar-refractivity contribution in [2.24, 2.45) is 0 Å². The van der Waals surface area contributed by atoms with Gasteiger partial charge in [-0.1, -0.05) is 105 Å². The molecule has 0 unspecified atom stereocenters. The van der Waals surface area contributed by atoms with E-state index in [1.807, 2.05) is 103 Å². The van der Waals surface area contributed by atoms with E-state index in [4.69, 9.17) is 18.9 Å². The summed E-state index contributed by atoms with van der Waals surface area (Å²) in [5, 5.41) is 18.8. The number of amides is 2. The quantitative estimate of drug-likeness (QED) is 0.123. The van der Waals surface area contributed by atoms with Gasteiger partial charge in [-0.3, -0.25) is 14.4 Å². The van der Waals surface area contributed by atoms with Gasteiger partial charge in [-0.25, -0.2) is 9.59 Å². The molecule has 3 saturated carbocycles. The summed E-state index contributed by atoms with van der Waals surface area (Å²) in [5.41, 5.74) is 2.09. The average Bonchev–Trinajstić information content (AvgIpc) is 4.26. The molecule has 0 spiro atoms. The van der Waals surface area contributed by atoms with Crippen molar-refractivity contribution < 1.29 is 53.1 Å². The van der Waals surface area contributed by atoms with Gasteiger partial charge in [0.1, 0.15) is 35.9 Å².